The topological polar surface area (TPSA) is 170 Å². The van der Waals surface area contributed by atoms with E-state index < -0.39 is 47.4 Å². The maximum atomic E-state index is 11.5. The first-order chi connectivity index (χ1) is 14.6. The lowest BCUT2D eigenvalue weighted by atomic mass is 10.2. The second-order valence-corrected chi connectivity index (χ2v) is 8.55. The van der Waals surface area contributed by atoms with Crippen molar-refractivity contribution in [3.63, 3.8) is 0 Å². The molecule has 12 nitrogen and oxygen atoms in total. The standard InChI is InChI=1S/C11H21NO5.C9H17NO5/c1-11(2,3)17-10(14)12-8(6-7-15-4)9(13)16-5;1-9(2,3)15-8(14)10-6(4-5-11)7(12)13/h8H,6-7H2,1-5H3,(H,12,14);6,11H,4-5H2,1-3H3,(H,10,14)(H,12,13)/t8-;6-/m00/s1. The lowest BCUT2D eigenvalue weighted by Gasteiger charge is -2.22. The molecule has 4 N–H and O–H groups in total. The van der Waals surface area contributed by atoms with Gasteiger partial charge in [0.2, 0.25) is 0 Å². The molecule has 188 valence electrons. The number of carboxylic acid groups (broad SMARTS) is 1. The lowest BCUT2D eigenvalue weighted by Crippen LogP contribution is -2.44. The normalized spacial score (nSPS) is 12.9. The van der Waals surface area contributed by atoms with Gasteiger partial charge in [0.1, 0.15) is 23.3 Å². The number of methoxy groups -OCH3 is 2. The molecule has 2 atom stereocenters. The van der Waals surface area contributed by atoms with Gasteiger partial charge in [0.05, 0.1) is 7.11 Å². The molecule has 0 aliphatic carbocycles. The summed E-state index contributed by atoms with van der Waals surface area (Å²) in [5, 5.41) is 21.8. The van der Waals surface area contributed by atoms with Gasteiger partial charge in [-0.1, -0.05) is 0 Å². The van der Waals surface area contributed by atoms with Crippen LogP contribution >= 0.6 is 0 Å². The molecule has 0 aromatic rings. The maximum absolute atomic E-state index is 11.5. The van der Waals surface area contributed by atoms with Crippen molar-refractivity contribution in [2.75, 3.05) is 27.4 Å². The van der Waals surface area contributed by atoms with Crippen LogP contribution in [-0.4, -0.2) is 85.1 Å². The van der Waals surface area contributed by atoms with E-state index in [9.17, 15) is 19.2 Å². The van der Waals surface area contributed by atoms with E-state index in [-0.39, 0.29) is 13.0 Å². The number of carbonyl (C=O) groups excluding carboxylic acids is 3. The molecule has 0 saturated heterocycles. The lowest BCUT2D eigenvalue weighted by molar-refractivity contribution is -0.143. The number of hydrogen-bond donors (Lipinski definition) is 4. The Morgan fingerprint density at radius 1 is 0.812 bits per heavy atom. The van der Waals surface area contributed by atoms with Crippen molar-refractivity contribution in [1.82, 2.24) is 10.6 Å². The molecule has 0 aromatic heterocycles. The summed E-state index contributed by atoms with van der Waals surface area (Å²) in [5.74, 6) is -1.72. The highest BCUT2D eigenvalue weighted by molar-refractivity contribution is 5.81. The molecular formula is C20H38N2O10. The quantitative estimate of drug-likeness (QED) is 0.288. The van der Waals surface area contributed by atoms with Crippen molar-refractivity contribution in [2.24, 2.45) is 0 Å². The van der Waals surface area contributed by atoms with Crippen LogP contribution < -0.4 is 10.6 Å². The zero-order chi connectivity index (χ0) is 25.5. The largest absolute Gasteiger partial charge is 0.480 e. The SMILES string of the molecule is CC(C)(C)OC(=O)N[C@@H](CCO)C(=O)O.COCC[C@H](NC(=O)OC(C)(C)C)C(=O)OC. The Balaban J connectivity index is 0. The van der Waals surface area contributed by atoms with Crippen LogP contribution in [0.2, 0.25) is 0 Å². The predicted molar refractivity (Wildman–Crippen MR) is 114 cm³/mol. The zero-order valence-corrected chi connectivity index (χ0v) is 20.1. The Morgan fingerprint density at radius 3 is 1.56 bits per heavy atom. The number of rotatable bonds is 9. The van der Waals surface area contributed by atoms with E-state index in [0.717, 1.165) is 0 Å². The fourth-order valence-electron chi connectivity index (χ4n) is 1.91. The summed E-state index contributed by atoms with van der Waals surface area (Å²) in [6.45, 7) is 10.3. The average Bonchev–Trinajstić information content (AvgIpc) is 2.61. The van der Waals surface area contributed by atoms with Crippen molar-refractivity contribution in [3.8, 4) is 0 Å². The zero-order valence-electron chi connectivity index (χ0n) is 20.1. The van der Waals surface area contributed by atoms with Crippen molar-refractivity contribution < 1.29 is 48.3 Å². The molecule has 0 unspecified atom stereocenters. The molecule has 0 bridgehead atoms. The number of aliphatic hydroxyl groups is 1. The third-order valence-electron chi connectivity index (χ3n) is 3.19. The van der Waals surface area contributed by atoms with E-state index in [1.165, 1.54) is 14.2 Å². The first kappa shape index (κ1) is 31.6. The van der Waals surface area contributed by atoms with Crippen LogP contribution in [-0.2, 0) is 28.5 Å². The van der Waals surface area contributed by atoms with Gasteiger partial charge in [-0.15, -0.1) is 0 Å². The molecule has 12 heteroatoms. The minimum atomic E-state index is -1.20. The molecule has 2 amide bonds. The molecule has 0 saturated carbocycles. The van der Waals surface area contributed by atoms with Gasteiger partial charge in [-0.3, -0.25) is 0 Å². The number of nitrogens with one attached hydrogen (secondary N) is 2. The van der Waals surface area contributed by atoms with E-state index in [2.05, 4.69) is 15.4 Å². The van der Waals surface area contributed by atoms with Crippen LogP contribution in [0.25, 0.3) is 0 Å². The summed E-state index contributed by atoms with van der Waals surface area (Å²) in [4.78, 5) is 44.6. The fourth-order valence-corrected chi connectivity index (χ4v) is 1.91. The molecule has 32 heavy (non-hydrogen) atoms. The van der Waals surface area contributed by atoms with Gasteiger partial charge in [-0.2, -0.15) is 0 Å². The highest BCUT2D eigenvalue weighted by Crippen LogP contribution is 2.08. The van der Waals surface area contributed by atoms with Crippen molar-refractivity contribution >= 4 is 24.1 Å². The van der Waals surface area contributed by atoms with E-state index in [1.54, 1.807) is 41.5 Å². The molecule has 0 aliphatic heterocycles. The van der Waals surface area contributed by atoms with Crippen LogP contribution in [0, 0.1) is 0 Å². The number of hydrogen-bond acceptors (Lipinski definition) is 9. The minimum Gasteiger partial charge on any atom is -0.480 e. The number of alkyl carbamates (subject to hydrolysis) is 2. The Labute approximate surface area is 188 Å². The van der Waals surface area contributed by atoms with Gasteiger partial charge in [0.25, 0.3) is 0 Å². The van der Waals surface area contributed by atoms with Gasteiger partial charge in [-0.05, 0) is 41.5 Å². The summed E-state index contributed by atoms with van der Waals surface area (Å²) < 4.78 is 19.3. The highest BCUT2D eigenvalue weighted by atomic mass is 16.6. The third kappa shape index (κ3) is 18.2. The number of carbonyl (C=O) groups is 4. The van der Waals surface area contributed by atoms with Crippen molar-refractivity contribution in [1.29, 1.82) is 0 Å². The smallest absolute Gasteiger partial charge is 0.408 e. The maximum Gasteiger partial charge on any atom is 0.408 e. The summed E-state index contributed by atoms with van der Waals surface area (Å²) in [7, 11) is 2.78. The molecule has 0 aliphatic rings. The molecule has 0 heterocycles. The van der Waals surface area contributed by atoms with E-state index in [1.807, 2.05) is 0 Å². The number of amides is 2. The molecule has 0 spiro atoms. The number of aliphatic carboxylic acids is 1. The average molecular weight is 467 g/mol. The molecular weight excluding hydrogens is 428 g/mol. The van der Waals surface area contributed by atoms with Gasteiger partial charge in [-0.25, -0.2) is 19.2 Å². The van der Waals surface area contributed by atoms with Crippen LogP contribution in [0.1, 0.15) is 54.4 Å². The van der Waals surface area contributed by atoms with Gasteiger partial charge >= 0.3 is 24.1 Å². The van der Waals surface area contributed by atoms with E-state index >= 15 is 0 Å². The Hall–Kier alpha value is -2.60. The summed E-state index contributed by atoms with van der Waals surface area (Å²) in [6.07, 6.45) is -1.16. The fraction of sp³-hybridized carbons (Fsp3) is 0.800. The first-order valence-electron chi connectivity index (χ1n) is 9.95. The summed E-state index contributed by atoms with van der Waals surface area (Å²) in [5.41, 5.74) is -1.28. The van der Waals surface area contributed by atoms with Gasteiger partial charge in [0, 0.05) is 33.2 Å². The summed E-state index contributed by atoms with van der Waals surface area (Å²) >= 11 is 0. The number of esters is 1. The van der Waals surface area contributed by atoms with Crippen LogP contribution in [0.5, 0.6) is 0 Å². The Kier molecular flexibility index (Phi) is 15.0. The van der Waals surface area contributed by atoms with Crippen molar-refractivity contribution in [2.45, 2.75) is 77.7 Å². The number of aliphatic hydroxyl groups excluding tert-OH is 1. The molecule has 0 fully saturated rings. The van der Waals surface area contributed by atoms with Gasteiger partial charge in [0.15, 0.2) is 0 Å². The van der Waals surface area contributed by atoms with E-state index in [4.69, 9.17) is 24.4 Å². The highest BCUT2D eigenvalue weighted by Gasteiger charge is 2.25. The second-order valence-electron chi connectivity index (χ2n) is 8.55. The van der Waals surface area contributed by atoms with E-state index in [0.29, 0.717) is 13.0 Å². The minimum absolute atomic E-state index is 0.0470. The summed E-state index contributed by atoms with van der Waals surface area (Å²) in [6, 6.07) is -1.88. The van der Waals surface area contributed by atoms with Crippen LogP contribution in [0.3, 0.4) is 0 Å². The second kappa shape index (κ2) is 15.2. The molecule has 0 aromatic carbocycles. The molecule has 0 rings (SSSR count). The molecule has 0 radical (unpaired) electrons. The van der Waals surface area contributed by atoms with Crippen LogP contribution in [0.15, 0.2) is 0 Å². The van der Waals surface area contributed by atoms with Crippen LogP contribution in [0.4, 0.5) is 9.59 Å². The Morgan fingerprint density at radius 2 is 1.25 bits per heavy atom. The first-order valence-corrected chi connectivity index (χ1v) is 9.95. The monoisotopic (exact) mass is 466 g/mol. The predicted octanol–water partition coefficient (Wildman–Crippen LogP) is 1.44. The third-order valence-corrected chi connectivity index (χ3v) is 3.19. The number of carboxylic acids is 1. The number of ether oxygens (including phenoxy) is 4. The van der Waals surface area contributed by atoms with Crippen molar-refractivity contribution in [3.05, 3.63) is 0 Å². The van der Waals surface area contributed by atoms with Gasteiger partial charge < -0.3 is 39.8 Å². The Bertz CT molecular complexity index is 596.